The molecule has 162 valence electrons. The van der Waals surface area contributed by atoms with Gasteiger partial charge in [-0.3, -0.25) is 9.59 Å². The summed E-state index contributed by atoms with van der Waals surface area (Å²) >= 11 is 39.4. The van der Waals surface area contributed by atoms with Gasteiger partial charge in [-0.1, -0.05) is 117 Å². The van der Waals surface area contributed by atoms with Gasteiger partial charge in [-0.05, 0) is 24.3 Å². The van der Waals surface area contributed by atoms with Crippen LogP contribution in [-0.4, -0.2) is 11.6 Å². The van der Waals surface area contributed by atoms with Gasteiger partial charge in [0.05, 0.1) is 29.9 Å². The van der Waals surface area contributed by atoms with Crippen molar-refractivity contribution in [1.29, 1.82) is 0 Å². The highest BCUT2D eigenvalue weighted by Crippen LogP contribution is 2.49. The summed E-state index contributed by atoms with van der Waals surface area (Å²) in [4.78, 5) is 28.0. The first-order valence-corrected chi connectivity index (χ1v) is 12.6. The lowest BCUT2D eigenvalue weighted by atomic mass is 9.94. The van der Waals surface area contributed by atoms with E-state index >= 15 is 0 Å². The molecule has 0 aromatic heterocycles. The Labute approximate surface area is 222 Å². The molecule has 0 aliphatic heterocycles. The predicted molar refractivity (Wildman–Crippen MR) is 137 cm³/mol. The Bertz CT molecular complexity index is 1190. The lowest BCUT2D eigenvalue weighted by molar-refractivity contribution is 0.0988. The highest BCUT2D eigenvalue weighted by Gasteiger charge is 2.34. The molecule has 0 saturated heterocycles. The fourth-order valence-corrected chi connectivity index (χ4v) is 7.13. The summed E-state index contributed by atoms with van der Waals surface area (Å²) in [6, 6.07) is 12.7. The quantitative estimate of drug-likeness (QED) is 0.307. The van der Waals surface area contributed by atoms with Gasteiger partial charge in [0.15, 0.2) is 0 Å². The number of thioether (sulfide) groups is 2. The predicted octanol–water partition coefficient (Wildman–Crippen LogP) is 9.78. The van der Waals surface area contributed by atoms with Gasteiger partial charge in [0.2, 0.25) is 11.6 Å². The Morgan fingerprint density at radius 3 is 1.16 bits per heavy atom. The number of hydrogen-bond acceptors (Lipinski definition) is 4. The van der Waals surface area contributed by atoms with Gasteiger partial charge >= 0.3 is 0 Å². The van der Waals surface area contributed by atoms with E-state index in [0.29, 0.717) is 31.0 Å². The molecule has 3 aromatic rings. The summed E-state index contributed by atoms with van der Waals surface area (Å²) in [5, 5.41) is 1.72. The molecule has 0 atom stereocenters. The van der Waals surface area contributed by atoms with Crippen LogP contribution in [0.15, 0.2) is 68.1 Å². The molecule has 0 radical (unpaired) electrons. The van der Waals surface area contributed by atoms with E-state index in [2.05, 4.69) is 0 Å². The maximum Gasteiger partial charge on any atom is 0.201 e. The van der Waals surface area contributed by atoms with Crippen LogP contribution >= 0.6 is 93.1 Å². The van der Waals surface area contributed by atoms with Gasteiger partial charge in [-0.25, -0.2) is 0 Å². The summed E-state index contributed by atoms with van der Waals surface area (Å²) in [5.41, 5.74) is 0.581. The Kier molecular flexibility index (Phi) is 7.45. The average molecular weight is 581 g/mol. The fraction of sp³-hybridized carbons (Fsp3) is 0. The largest absolute Gasteiger partial charge is 0.288 e. The third-order valence-corrected chi connectivity index (χ3v) is 9.05. The van der Waals surface area contributed by atoms with Gasteiger partial charge in [0.25, 0.3) is 0 Å². The third kappa shape index (κ3) is 4.70. The van der Waals surface area contributed by atoms with E-state index in [1.807, 2.05) is 0 Å². The number of benzene rings is 3. The van der Waals surface area contributed by atoms with E-state index in [4.69, 9.17) is 69.6 Å². The fourth-order valence-electron chi connectivity index (χ4n) is 2.97. The number of Topliss-reactive ketones (excluding diaryl/α,β-unsaturated/α-hetero) is 2. The molecule has 2 nitrogen and oxygen atoms in total. The smallest absolute Gasteiger partial charge is 0.201 e. The Morgan fingerprint density at radius 1 is 0.531 bits per heavy atom. The number of allylic oxidation sites excluding steroid dienone is 2. The first kappa shape index (κ1) is 24.3. The molecular weight excluding hydrogens is 573 g/mol. The van der Waals surface area contributed by atoms with Crippen LogP contribution in [0.5, 0.6) is 0 Å². The van der Waals surface area contributed by atoms with Crippen LogP contribution in [0.1, 0.15) is 20.7 Å². The Morgan fingerprint density at radius 2 is 0.844 bits per heavy atom. The van der Waals surface area contributed by atoms with Crippen molar-refractivity contribution in [2.24, 2.45) is 0 Å². The van der Waals surface area contributed by atoms with Crippen LogP contribution in [0.2, 0.25) is 30.1 Å². The first-order chi connectivity index (χ1) is 15.2. The van der Waals surface area contributed by atoms with Gasteiger partial charge in [-0.2, -0.15) is 0 Å². The zero-order chi connectivity index (χ0) is 23.2. The second-order valence-electron chi connectivity index (χ2n) is 6.46. The molecule has 4 rings (SSSR count). The molecule has 3 aromatic carbocycles. The van der Waals surface area contributed by atoms with Gasteiger partial charge in [-0.15, -0.1) is 0 Å². The van der Waals surface area contributed by atoms with E-state index in [-0.39, 0.29) is 41.5 Å². The summed E-state index contributed by atoms with van der Waals surface area (Å²) < 4.78 is 0. The van der Waals surface area contributed by atoms with Crippen molar-refractivity contribution in [3.05, 3.63) is 99.6 Å². The Balaban J connectivity index is 1.90. The molecule has 0 heterocycles. The zero-order valence-electron chi connectivity index (χ0n) is 15.5. The van der Waals surface area contributed by atoms with Crippen LogP contribution in [0.3, 0.4) is 0 Å². The van der Waals surface area contributed by atoms with Crippen LogP contribution < -0.4 is 0 Å². The molecule has 1 aliphatic carbocycles. The third-order valence-electron chi connectivity index (χ3n) is 4.37. The highest BCUT2D eigenvalue weighted by atomic mass is 35.5. The van der Waals surface area contributed by atoms with E-state index in [1.165, 1.54) is 24.3 Å². The summed E-state index contributed by atoms with van der Waals surface area (Å²) in [6.45, 7) is 0. The van der Waals surface area contributed by atoms with Crippen molar-refractivity contribution in [2.75, 3.05) is 0 Å². The standard InChI is InChI=1S/C22H8Cl6O2S2/c23-9-5-13(25)19(14(26)6-9)31-21-17(29)11-3-1-2-4-12(11)18(30)22(21)32-20-15(27)7-10(24)8-16(20)28/h1-8H. The zero-order valence-corrected chi connectivity index (χ0v) is 21.7. The van der Waals surface area contributed by atoms with Crippen LogP contribution in [0, 0.1) is 0 Å². The second-order valence-corrected chi connectivity index (χ2v) is 11.0. The van der Waals surface area contributed by atoms with Crippen molar-refractivity contribution in [3.8, 4) is 0 Å². The molecule has 0 spiro atoms. The molecule has 1 aliphatic rings. The van der Waals surface area contributed by atoms with Crippen molar-refractivity contribution < 1.29 is 9.59 Å². The van der Waals surface area contributed by atoms with Crippen LogP contribution in [0.25, 0.3) is 0 Å². The minimum absolute atomic E-state index is 0.159. The van der Waals surface area contributed by atoms with Gasteiger partial charge in [0.1, 0.15) is 0 Å². The summed E-state index contributed by atoms with van der Waals surface area (Å²) in [6.07, 6.45) is 0. The van der Waals surface area contributed by atoms with E-state index in [1.54, 1.807) is 24.3 Å². The van der Waals surface area contributed by atoms with Crippen molar-refractivity contribution >= 4 is 105 Å². The molecule has 10 heteroatoms. The van der Waals surface area contributed by atoms with E-state index in [0.717, 1.165) is 23.5 Å². The maximum absolute atomic E-state index is 13.4. The molecule has 0 N–H and O–H groups in total. The lowest BCUT2D eigenvalue weighted by Crippen LogP contribution is -2.19. The van der Waals surface area contributed by atoms with Crippen molar-refractivity contribution in [1.82, 2.24) is 0 Å². The minimum Gasteiger partial charge on any atom is -0.288 e. The topological polar surface area (TPSA) is 34.1 Å². The summed E-state index contributed by atoms with van der Waals surface area (Å²) in [5.74, 6) is -0.674. The van der Waals surface area contributed by atoms with E-state index in [9.17, 15) is 9.59 Å². The number of hydrogen-bond donors (Lipinski definition) is 0. The molecule has 0 saturated carbocycles. The summed E-state index contributed by atoms with van der Waals surface area (Å²) in [7, 11) is 0. The minimum atomic E-state index is -0.337. The molecule has 0 amide bonds. The molecule has 0 fully saturated rings. The van der Waals surface area contributed by atoms with E-state index < -0.39 is 0 Å². The molecule has 0 bridgehead atoms. The number of fused-ring (bicyclic) bond motifs is 1. The monoisotopic (exact) mass is 578 g/mol. The van der Waals surface area contributed by atoms with Crippen molar-refractivity contribution in [2.45, 2.75) is 9.79 Å². The number of halogens is 6. The normalized spacial score (nSPS) is 13.6. The van der Waals surface area contributed by atoms with Crippen molar-refractivity contribution in [3.63, 3.8) is 0 Å². The number of carbonyl (C=O) groups is 2. The highest BCUT2D eigenvalue weighted by molar-refractivity contribution is 8.08. The number of carbonyl (C=O) groups excluding carboxylic acids is 2. The Hall–Kier alpha value is -0.820. The molecular formula is C22H8Cl6O2S2. The molecule has 32 heavy (non-hydrogen) atoms. The van der Waals surface area contributed by atoms with Crippen LogP contribution in [-0.2, 0) is 0 Å². The SMILES string of the molecule is O=C1C(Sc2c(Cl)cc(Cl)cc2Cl)=C(Sc2c(Cl)cc(Cl)cc2Cl)C(=O)c2ccccc21. The number of ketones is 2. The maximum atomic E-state index is 13.4. The van der Waals surface area contributed by atoms with Gasteiger partial charge in [0, 0.05) is 31.0 Å². The first-order valence-electron chi connectivity index (χ1n) is 8.75. The molecule has 0 unspecified atom stereocenters. The second kappa shape index (κ2) is 9.81. The average Bonchev–Trinajstić information content (AvgIpc) is 2.72. The lowest BCUT2D eigenvalue weighted by Gasteiger charge is -2.21. The number of rotatable bonds is 4. The van der Waals surface area contributed by atoms with Crippen LogP contribution in [0.4, 0.5) is 0 Å². The van der Waals surface area contributed by atoms with Gasteiger partial charge < -0.3 is 0 Å².